The van der Waals surface area contributed by atoms with Crippen LogP contribution in [-0.4, -0.2) is 15.0 Å². The lowest BCUT2D eigenvalue weighted by atomic mass is 9.82. The molecule has 17 heavy (non-hydrogen) atoms. The van der Waals surface area contributed by atoms with E-state index in [-0.39, 0.29) is 15.5 Å². The van der Waals surface area contributed by atoms with Crippen molar-refractivity contribution in [1.29, 1.82) is 0 Å². The van der Waals surface area contributed by atoms with Crippen molar-refractivity contribution in [3.05, 3.63) is 11.4 Å². The molecular formula is C11H20N2O2S2. The molecule has 0 saturated heterocycles. The second kappa shape index (κ2) is 4.96. The van der Waals surface area contributed by atoms with Crippen LogP contribution >= 0.6 is 11.3 Å². The predicted octanol–water partition coefficient (Wildman–Crippen LogP) is 2.29. The fraction of sp³-hybridized carbons (Fsp3) is 0.636. The van der Waals surface area contributed by atoms with E-state index < -0.39 is 10.0 Å². The van der Waals surface area contributed by atoms with Gasteiger partial charge in [0.15, 0.2) is 0 Å². The van der Waals surface area contributed by atoms with Gasteiger partial charge >= 0.3 is 0 Å². The maximum Gasteiger partial charge on any atom is 0.250 e. The van der Waals surface area contributed by atoms with Gasteiger partial charge in [-0.15, -0.1) is 11.3 Å². The third-order valence-electron chi connectivity index (χ3n) is 2.92. The van der Waals surface area contributed by atoms with E-state index in [1.807, 2.05) is 6.92 Å². The summed E-state index contributed by atoms with van der Waals surface area (Å²) in [7, 11) is -3.41. The van der Waals surface area contributed by atoms with Gasteiger partial charge < -0.3 is 5.73 Å². The SMILES string of the molecule is CC(CNS(=O)(=O)c1cc(N)cs1)C(C)(C)C. The van der Waals surface area contributed by atoms with Crippen LogP contribution in [0.25, 0.3) is 0 Å². The molecule has 0 aliphatic rings. The highest BCUT2D eigenvalue weighted by Gasteiger charge is 2.23. The Bertz CT molecular complexity index is 472. The third-order valence-corrected chi connectivity index (χ3v) is 5.80. The molecule has 6 heteroatoms. The van der Waals surface area contributed by atoms with Crippen LogP contribution in [0.15, 0.2) is 15.7 Å². The maximum atomic E-state index is 11.9. The number of nitrogens with two attached hydrogens (primary N) is 1. The monoisotopic (exact) mass is 276 g/mol. The van der Waals surface area contributed by atoms with Crippen molar-refractivity contribution in [3.8, 4) is 0 Å². The first kappa shape index (κ1) is 14.5. The fourth-order valence-electron chi connectivity index (χ4n) is 1.08. The summed E-state index contributed by atoms with van der Waals surface area (Å²) in [6.45, 7) is 8.74. The molecule has 1 heterocycles. The summed E-state index contributed by atoms with van der Waals surface area (Å²) in [6.07, 6.45) is 0. The molecule has 0 bridgehead atoms. The summed E-state index contributed by atoms with van der Waals surface area (Å²) in [4.78, 5) is 0. The molecule has 0 aliphatic carbocycles. The van der Waals surface area contributed by atoms with Gasteiger partial charge in [0.25, 0.3) is 0 Å². The first-order valence-corrected chi connectivity index (χ1v) is 7.83. The zero-order chi connectivity index (χ0) is 13.3. The highest BCUT2D eigenvalue weighted by molar-refractivity contribution is 7.91. The van der Waals surface area contributed by atoms with Crippen LogP contribution in [0.2, 0.25) is 0 Å². The molecule has 4 nitrogen and oxygen atoms in total. The van der Waals surface area contributed by atoms with Crippen LogP contribution in [-0.2, 0) is 10.0 Å². The van der Waals surface area contributed by atoms with Crippen LogP contribution in [0.1, 0.15) is 27.7 Å². The normalized spacial score (nSPS) is 14.8. The first-order valence-electron chi connectivity index (χ1n) is 5.46. The zero-order valence-electron chi connectivity index (χ0n) is 10.6. The quantitative estimate of drug-likeness (QED) is 0.886. The Labute approximate surface area is 107 Å². The van der Waals surface area contributed by atoms with Crippen LogP contribution < -0.4 is 10.5 Å². The molecule has 0 saturated carbocycles. The average molecular weight is 276 g/mol. The molecule has 0 fully saturated rings. The van der Waals surface area contributed by atoms with Crippen LogP contribution in [0.3, 0.4) is 0 Å². The van der Waals surface area contributed by atoms with E-state index >= 15 is 0 Å². The van der Waals surface area contributed by atoms with Crippen LogP contribution in [0.5, 0.6) is 0 Å². The summed E-state index contributed by atoms with van der Waals surface area (Å²) in [6, 6.07) is 1.48. The minimum Gasteiger partial charge on any atom is -0.398 e. The van der Waals surface area contributed by atoms with E-state index in [1.165, 1.54) is 6.07 Å². The summed E-state index contributed by atoms with van der Waals surface area (Å²) >= 11 is 1.14. The Kier molecular flexibility index (Phi) is 4.22. The Morgan fingerprint density at radius 2 is 2.06 bits per heavy atom. The minimum atomic E-state index is -3.41. The molecule has 0 aliphatic heterocycles. The van der Waals surface area contributed by atoms with E-state index in [2.05, 4.69) is 25.5 Å². The Morgan fingerprint density at radius 1 is 1.47 bits per heavy atom. The zero-order valence-corrected chi connectivity index (χ0v) is 12.3. The van der Waals surface area contributed by atoms with E-state index in [0.29, 0.717) is 12.2 Å². The highest BCUT2D eigenvalue weighted by atomic mass is 32.2. The number of sulfonamides is 1. The van der Waals surface area contributed by atoms with Gasteiger partial charge in [-0.1, -0.05) is 27.7 Å². The van der Waals surface area contributed by atoms with E-state index in [4.69, 9.17) is 5.73 Å². The molecule has 1 atom stereocenters. The van der Waals surface area contributed by atoms with Crippen molar-refractivity contribution in [2.75, 3.05) is 12.3 Å². The number of rotatable bonds is 4. The van der Waals surface area contributed by atoms with Gasteiger partial charge in [0.1, 0.15) is 4.21 Å². The lowest BCUT2D eigenvalue weighted by molar-refractivity contribution is 0.263. The predicted molar refractivity (Wildman–Crippen MR) is 72.5 cm³/mol. The van der Waals surface area contributed by atoms with Gasteiger partial charge in [-0.3, -0.25) is 0 Å². The van der Waals surface area contributed by atoms with Crippen molar-refractivity contribution in [3.63, 3.8) is 0 Å². The number of nitrogen functional groups attached to an aromatic ring is 1. The van der Waals surface area contributed by atoms with E-state index in [1.54, 1.807) is 5.38 Å². The average Bonchev–Trinajstić information content (AvgIpc) is 2.60. The summed E-state index contributed by atoms with van der Waals surface area (Å²) in [5.74, 6) is 0.259. The lowest BCUT2D eigenvalue weighted by Gasteiger charge is -2.27. The van der Waals surface area contributed by atoms with Crippen molar-refractivity contribution < 1.29 is 8.42 Å². The van der Waals surface area contributed by atoms with Gasteiger partial charge in [0.2, 0.25) is 10.0 Å². The summed E-state index contributed by atoms with van der Waals surface area (Å²) < 4.78 is 26.7. The topological polar surface area (TPSA) is 72.2 Å². The van der Waals surface area contributed by atoms with Gasteiger partial charge in [-0.05, 0) is 17.4 Å². The van der Waals surface area contributed by atoms with Crippen LogP contribution in [0, 0.1) is 11.3 Å². The molecule has 1 aromatic heterocycles. The standard InChI is InChI=1S/C11H20N2O2S2/c1-8(11(2,3)4)6-13-17(14,15)10-5-9(12)7-16-10/h5,7-8,13H,6,12H2,1-4H3. The van der Waals surface area contributed by atoms with Gasteiger partial charge in [0, 0.05) is 17.6 Å². The Morgan fingerprint density at radius 3 is 2.47 bits per heavy atom. The minimum absolute atomic E-state index is 0.0804. The lowest BCUT2D eigenvalue weighted by Crippen LogP contribution is -2.33. The van der Waals surface area contributed by atoms with E-state index in [9.17, 15) is 8.42 Å². The van der Waals surface area contributed by atoms with Crippen molar-refractivity contribution in [1.82, 2.24) is 4.72 Å². The molecule has 0 radical (unpaired) electrons. The van der Waals surface area contributed by atoms with E-state index in [0.717, 1.165) is 11.3 Å². The van der Waals surface area contributed by atoms with Crippen molar-refractivity contribution in [2.45, 2.75) is 31.9 Å². The molecule has 1 rings (SSSR count). The number of nitrogens with one attached hydrogen (secondary N) is 1. The van der Waals surface area contributed by atoms with Crippen molar-refractivity contribution >= 4 is 27.0 Å². The molecule has 0 aromatic carbocycles. The highest BCUT2D eigenvalue weighted by Crippen LogP contribution is 2.26. The smallest absolute Gasteiger partial charge is 0.250 e. The molecule has 98 valence electrons. The molecule has 1 aromatic rings. The Hall–Kier alpha value is -0.590. The largest absolute Gasteiger partial charge is 0.398 e. The maximum absolute atomic E-state index is 11.9. The van der Waals surface area contributed by atoms with Gasteiger partial charge in [-0.25, -0.2) is 13.1 Å². The molecule has 1 unspecified atom stereocenters. The second-order valence-corrected chi connectivity index (χ2v) is 8.22. The van der Waals surface area contributed by atoms with Gasteiger partial charge in [0.05, 0.1) is 0 Å². The first-order chi connectivity index (χ1) is 7.63. The van der Waals surface area contributed by atoms with Crippen molar-refractivity contribution in [2.24, 2.45) is 11.3 Å². The second-order valence-electron chi connectivity index (χ2n) is 5.32. The number of anilines is 1. The number of hydrogen-bond acceptors (Lipinski definition) is 4. The van der Waals surface area contributed by atoms with Crippen LogP contribution in [0.4, 0.5) is 5.69 Å². The molecular weight excluding hydrogens is 256 g/mol. The number of hydrogen-bond donors (Lipinski definition) is 2. The number of thiophene rings is 1. The third kappa shape index (κ3) is 3.97. The van der Waals surface area contributed by atoms with Gasteiger partial charge in [-0.2, -0.15) is 0 Å². The molecule has 3 N–H and O–H groups in total. The molecule has 0 amide bonds. The molecule has 0 spiro atoms. The fourth-order valence-corrected chi connectivity index (χ4v) is 3.34. The Balaban J connectivity index is 2.69. The summed E-state index contributed by atoms with van der Waals surface area (Å²) in [5, 5.41) is 1.63. The summed E-state index contributed by atoms with van der Waals surface area (Å²) in [5.41, 5.74) is 6.08.